The monoisotopic (exact) mass is 380 g/mol. The Balaban J connectivity index is 1.32. The second-order valence-electron chi connectivity index (χ2n) is 7.61. The molecule has 2 aliphatic rings. The molecule has 5 rings (SSSR count). The fraction of sp³-hybridized carbons (Fsp3) is 0.476. The summed E-state index contributed by atoms with van der Waals surface area (Å²) >= 11 is 1.85. The predicted molar refractivity (Wildman–Crippen MR) is 108 cm³/mol. The Morgan fingerprint density at radius 1 is 1.04 bits per heavy atom. The fourth-order valence-corrected chi connectivity index (χ4v) is 5.37. The zero-order valence-electron chi connectivity index (χ0n) is 15.6. The van der Waals surface area contributed by atoms with E-state index in [1.54, 1.807) is 7.11 Å². The lowest BCUT2D eigenvalue weighted by Crippen LogP contribution is -2.46. The third-order valence-electron chi connectivity index (χ3n) is 5.92. The summed E-state index contributed by atoms with van der Waals surface area (Å²) in [7, 11) is 1.58. The van der Waals surface area contributed by atoms with Gasteiger partial charge < -0.3 is 9.64 Å². The molecule has 1 saturated carbocycles. The van der Waals surface area contributed by atoms with E-state index in [0.29, 0.717) is 11.9 Å². The highest BCUT2D eigenvalue weighted by Crippen LogP contribution is 2.43. The average Bonchev–Trinajstić information content (AvgIpc) is 3.10. The number of piperidine rings is 1. The van der Waals surface area contributed by atoms with Crippen molar-refractivity contribution in [3.8, 4) is 17.1 Å². The first-order valence-electron chi connectivity index (χ1n) is 9.81. The van der Waals surface area contributed by atoms with Crippen molar-refractivity contribution in [3.63, 3.8) is 0 Å². The van der Waals surface area contributed by atoms with E-state index in [1.165, 1.54) is 54.9 Å². The Morgan fingerprint density at radius 2 is 1.81 bits per heavy atom. The third-order valence-corrected chi connectivity index (χ3v) is 7.10. The van der Waals surface area contributed by atoms with Crippen molar-refractivity contribution in [2.75, 3.05) is 20.2 Å². The lowest BCUT2D eigenvalue weighted by atomic mass is 9.79. The molecule has 0 atom stereocenters. The lowest BCUT2D eigenvalue weighted by Gasteiger charge is -2.43. The highest BCUT2D eigenvalue weighted by Gasteiger charge is 2.36. The van der Waals surface area contributed by atoms with Gasteiger partial charge in [-0.2, -0.15) is 0 Å². The van der Waals surface area contributed by atoms with Crippen molar-refractivity contribution in [3.05, 3.63) is 35.6 Å². The third kappa shape index (κ3) is 3.32. The van der Waals surface area contributed by atoms with Crippen molar-refractivity contribution < 1.29 is 4.74 Å². The van der Waals surface area contributed by atoms with E-state index < -0.39 is 0 Å². The molecule has 1 saturated heterocycles. The minimum absolute atomic E-state index is 0.396. The highest BCUT2D eigenvalue weighted by molar-refractivity contribution is 7.18. The van der Waals surface area contributed by atoms with Crippen LogP contribution in [0.2, 0.25) is 0 Å². The number of likely N-dealkylation sites (tertiary alicyclic amines) is 1. The Bertz CT molecular complexity index is 927. The topological polar surface area (TPSA) is 51.1 Å². The molecular weight excluding hydrogens is 356 g/mol. The number of ether oxygens (including phenoxy) is 1. The molecule has 0 spiro atoms. The molecule has 3 heterocycles. The molecule has 3 aromatic rings. The first kappa shape index (κ1) is 17.1. The number of benzene rings is 1. The number of thiazole rings is 1. The van der Waals surface area contributed by atoms with Gasteiger partial charge in [0.25, 0.3) is 0 Å². The lowest BCUT2D eigenvalue weighted by molar-refractivity contribution is 0.0888. The van der Waals surface area contributed by atoms with Crippen molar-refractivity contribution in [1.82, 2.24) is 19.9 Å². The van der Waals surface area contributed by atoms with Gasteiger partial charge in [0, 0.05) is 29.9 Å². The van der Waals surface area contributed by atoms with Crippen LogP contribution in [-0.2, 0) is 0 Å². The first-order chi connectivity index (χ1) is 13.3. The number of nitrogens with zero attached hydrogens (tertiary/aromatic N) is 4. The van der Waals surface area contributed by atoms with Crippen LogP contribution in [0.15, 0.2) is 30.6 Å². The molecule has 0 unspecified atom stereocenters. The van der Waals surface area contributed by atoms with E-state index in [2.05, 4.69) is 33.1 Å². The molecule has 2 aromatic heterocycles. The molecule has 5 nitrogen and oxygen atoms in total. The average molecular weight is 381 g/mol. The van der Waals surface area contributed by atoms with Crippen LogP contribution in [0.25, 0.3) is 21.3 Å². The normalized spacial score (nSPS) is 23.3. The maximum Gasteiger partial charge on any atom is 0.316 e. The number of hydrogen-bond donors (Lipinski definition) is 0. The van der Waals surface area contributed by atoms with Crippen molar-refractivity contribution >= 4 is 21.6 Å². The Hall–Kier alpha value is -2.05. The molecule has 140 valence electrons. The zero-order valence-corrected chi connectivity index (χ0v) is 16.4. The molecule has 2 fully saturated rings. The van der Waals surface area contributed by atoms with Crippen LogP contribution < -0.4 is 4.74 Å². The van der Waals surface area contributed by atoms with E-state index in [9.17, 15) is 0 Å². The molecule has 0 amide bonds. The Morgan fingerprint density at radius 3 is 2.56 bits per heavy atom. The number of methoxy groups -OCH3 is 1. The molecule has 27 heavy (non-hydrogen) atoms. The largest absolute Gasteiger partial charge is 0.467 e. The summed E-state index contributed by atoms with van der Waals surface area (Å²) in [6.45, 7) is 2.59. The van der Waals surface area contributed by atoms with Crippen LogP contribution in [0.5, 0.6) is 6.01 Å². The van der Waals surface area contributed by atoms with Gasteiger partial charge in [-0.1, -0.05) is 12.5 Å². The smallest absolute Gasteiger partial charge is 0.316 e. The summed E-state index contributed by atoms with van der Waals surface area (Å²) in [5.41, 5.74) is 3.23. The summed E-state index contributed by atoms with van der Waals surface area (Å²) in [6, 6.07) is 7.62. The molecule has 0 N–H and O–H groups in total. The molecular formula is C21H24N4OS. The van der Waals surface area contributed by atoms with Crippen LogP contribution >= 0.6 is 11.3 Å². The highest BCUT2D eigenvalue weighted by atomic mass is 32.1. The maximum atomic E-state index is 5.04. The quantitative estimate of drug-likeness (QED) is 0.667. The molecule has 0 radical (unpaired) electrons. The van der Waals surface area contributed by atoms with Crippen molar-refractivity contribution in [1.29, 1.82) is 0 Å². The number of rotatable bonds is 4. The predicted octanol–water partition coefficient (Wildman–Crippen LogP) is 4.49. The maximum absolute atomic E-state index is 5.04. The van der Waals surface area contributed by atoms with Gasteiger partial charge in [0.2, 0.25) is 0 Å². The van der Waals surface area contributed by atoms with Crippen LogP contribution in [-0.4, -0.2) is 46.1 Å². The van der Waals surface area contributed by atoms with Gasteiger partial charge in [0.1, 0.15) is 0 Å². The van der Waals surface area contributed by atoms with Gasteiger partial charge in [-0.05, 0) is 56.5 Å². The van der Waals surface area contributed by atoms with Gasteiger partial charge in [-0.15, -0.1) is 11.3 Å². The summed E-state index contributed by atoms with van der Waals surface area (Å²) in [5, 5.41) is 1.31. The molecule has 0 bridgehead atoms. The van der Waals surface area contributed by atoms with Crippen molar-refractivity contribution in [2.45, 2.75) is 44.1 Å². The van der Waals surface area contributed by atoms with Gasteiger partial charge in [-0.25, -0.2) is 15.0 Å². The summed E-state index contributed by atoms with van der Waals surface area (Å²) in [5.74, 6) is 0.641. The Labute approximate surface area is 163 Å². The van der Waals surface area contributed by atoms with E-state index in [4.69, 9.17) is 9.72 Å². The second-order valence-corrected chi connectivity index (χ2v) is 8.67. The SMILES string of the molecule is COc1ncc(-c2ccc3nc([C@H]4C[C@H](N5CCCCC5)C4)sc3c2)cn1. The summed E-state index contributed by atoms with van der Waals surface area (Å²) < 4.78 is 6.29. The molecule has 1 aliphatic carbocycles. The van der Waals surface area contributed by atoms with Crippen LogP contribution in [0.3, 0.4) is 0 Å². The van der Waals surface area contributed by atoms with Gasteiger partial charge in [0.05, 0.1) is 22.3 Å². The number of fused-ring (bicyclic) bond motifs is 1. The number of hydrogen-bond acceptors (Lipinski definition) is 6. The standard InChI is InChI=1S/C21H24N4OS/c1-26-21-22-12-16(13-23-21)14-5-6-18-19(11-14)27-20(24-18)15-9-17(10-15)25-7-3-2-4-8-25/h5-6,11-13,15,17H,2-4,7-10H2,1H3/t15-,17-. The van der Waals surface area contributed by atoms with E-state index >= 15 is 0 Å². The second kappa shape index (κ2) is 7.17. The van der Waals surface area contributed by atoms with Gasteiger partial charge >= 0.3 is 6.01 Å². The summed E-state index contributed by atoms with van der Waals surface area (Å²) in [4.78, 5) is 16.1. The molecule has 1 aliphatic heterocycles. The van der Waals surface area contributed by atoms with Crippen LogP contribution in [0.4, 0.5) is 0 Å². The first-order valence-corrected chi connectivity index (χ1v) is 10.6. The van der Waals surface area contributed by atoms with Gasteiger partial charge in [-0.3, -0.25) is 0 Å². The minimum atomic E-state index is 0.396. The van der Waals surface area contributed by atoms with E-state index in [1.807, 2.05) is 23.7 Å². The van der Waals surface area contributed by atoms with Gasteiger partial charge in [0.15, 0.2) is 0 Å². The Kier molecular flexibility index (Phi) is 4.53. The van der Waals surface area contributed by atoms with Crippen LogP contribution in [0.1, 0.15) is 43.0 Å². The summed E-state index contributed by atoms with van der Waals surface area (Å²) in [6.07, 6.45) is 10.3. The molecule has 6 heteroatoms. The van der Waals surface area contributed by atoms with E-state index in [-0.39, 0.29) is 0 Å². The van der Waals surface area contributed by atoms with E-state index in [0.717, 1.165) is 22.7 Å². The molecule has 1 aromatic carbocycles. The zero-order chi connectivity index (χ0) is 18.2. The fourth-order valence-electron chi connectivity index (χ4n) is 4.24. The van der Waals surface area contributed by atoms with Crippen molar-refractivity contribution in [2.24, 2.45) is 0 Å². The van der Waals surface area contributed by atoms with Crippen LogP contribution in [0, 0.1) is 0 Å². The number of aromatic nitrogens is 3. The minimum Gasteiger partial charge on any atom is -0.467 e.